The normalized spacial score (nSPS) is 12.7. The number of carboxylic acids is 1. The molecule has 0 saturated carbocycles. The molecule has 5 heteroatoms. The molecule has 1 aromatic heterocycles. The van der Waals surface area contributed by atoms with Crippen molar-refractivity contribution >= 4 is 33.2 Å². The molecule has 78 valence electrons. The smallest absolute Gasteiger partial charge is 0.304 e. The molecular weight excluding hydrogens is 266 g/mol. The van der Waals surface area contributed by atoms with Crippen LogP contribution in [0.5, 0.6) is 0 Å². The molecule has 1 rings (SSSR count). The zero-order valence-corrected chi connectivity index (χ0v) is 10.2. The van der Waals surface area contributed by atoms with E-state index in [0.717, 1.165) is 10.3 Å². The van der Waals surface area contributed by atoms with E-state index >= 15 is 0 Å². The standard InChI is InChI=1S/C9H12BrNO2S/c1-6(4-9(12)13)11-5-7-2-3-8(10)14-7/h2-3,6,11H,4-5H2,1H3,(H,12,13). The van der Waals surface area contributed by atoms with Crippen LogP contribution in [0.1, 0.15) is 18.2 Å². The summed E-state index contributed by atoms with van der Waals surface area (Å²) in [4.78, 5) is 11.6. The van der Waals surface area contributed by atoms with E-state index in [9.17, 15) is 4.79 Å². The fourth-order valence-electron chi connectivity index (χ4n) is 1.06. The Hall–Kier alpha value is -0.390. The molecule has 1 aromatic rings. The van der Waals surface area contributed by atoms with Crippen LogP contribution in [0.2, 0.25) is 0 Å². The molecular formula is C9H12BrNO2S. The van der Waals surface area contributed by atoms with Crippen LogP contribution in [0, 0.1) is 0 Å². The number of hydrogen-bond acceptors (Lipinski definition) is 3. The average molecular weight is 278 g/mol. The van der Waals surface area contributed by atoms with Gasteiger partial charge in [-0.25, -0.2) is 0 Å². The molecule has 0 spiro atoms. The summed E-state index contributed by atoms with van der Waals surface area (Å²) >= 11 is 5.03. The summed E-state index contributed by atoms with van der Waals surface area (Å²) in [5, 5.41) is 11.7. The Bertz CT molecular complexity index is 314. The van der Waals surface area contributed by atoms with Gasteiger partial charge >= 0.3 is 5.97 Å². The van der Waals surface area contributed by atoms with Crippen LogP contribution in [0.15, 0.2) is 15.9 Å². The lowest BCUT2D eigenvalue weighted by Gasteiger charge is -2.09. The van der Waals surface area contributed by atoms with Crippen molar-refractivity contribution < 1.29 is 9.90 Å². The molecule has 2 N–H and O–H groups in total. The predicted octanol–water partition coefficient (Wildman–Crippen LogP) is 2.46. The topological polar surface area (TPSA) is 49.3 Å². The summed E-state index contributed by atoms with van der Waals surface area (Å²) in [5.41, 5.74) is 0. The van der Waals surface area contributed by atoms with E-state index in [1.165, 1.54) is 4.88 Å². The van der Waals surface area contributed by atoms with Crippen molar-refractivity contribution in [3.05, 3.63) is 20.8 Å². The second-order valence-corrected chi connectivity index (χ2v) is 5.63. The maximum Gasteiger partial charge on any atom is 0.304 e. The minimum atomic E-state index is -0.766. The molecule has 0 amide bonds. The van der Waals surface area contributed by atoms with E-state index in [4.69, 9.17) is 5.11 Å². The third-order valence-electron chi connectivity index (χ3n) is 1.73. The lowest BCUT2D eigenvalue weighted by atomic mass is 10.2. The number of thiophene rings is 1. The first kappa shape index (κ1) is 11.7. The van der Waals surface area contributed by atoms with Crippen LogP contribution in [0.3, 0.4) is 0 Å². The zero-order valence-electron chi connectivity index (χ0n) is 7.79. The van der Waals surface area contributed by atoms with E-state index in [1.54, 1.807) is 11.3 Å². The van der Waals surface area contributed by atoms with E-state index in [0.29, 0.717) is 0 Å². The van der Waals surface area contributed by atoms with Crippen LogP contribution in [-0.4, -0.2) is 17.1 Å². The Morgan fingerprint density at radius 2 is 2.43 bits per heavy atom. The van der Waals surface area contributed by atoms with E-state index < -0.39 is 5.97 Å². The minimum absolute atomic E-state index is 0.00776. The molecule has 0 bridgehead atoms. The van der Waals surface area contributed by atoms with Gasteiger partial charge in [-0.05, 0) is 35.0 Å². The molecule has 0 aliphatic carbocycles. The molecule has 1 atom stereocenters. The summed E-state index contributed by atoms with van der Waals surface area (Å²) < 4.78 is 1.10. The quantitative estimate of drug-likeness (QED) is 0.869. The second-order valence-electron chi connectivity index (χ2n) is 3.09. The highest BCUT2D eigenvalue weighted by molar-refractivity contribution is 9.11. The summed E-state index contributed by atoms with van der Waals surface area (Å²) in [7, 11) is 0. The van der Waals surface area contributed by atoms with Crippen molar-refractivity contribution in [2.45, 2.75) is 25.9 Å². The van der Waals surface area contributed by atoms with E-state index in [2.05, 4.69) is 21.2 Å². The molecule has 3 nitrogen and oxygen atoms in total. The van der Waals surface area contributed by atoms with Gasteiger partial charge in [-0.15, -0.1) is 11.3 Å². The molecule has 0 fully saturated rings. The number of carbonyl (C=O) groups is 1. The first-order valence-electron chi connectivity index (χ1n) is 4.27. The molecule has 0 aliphatic rings. The predicted molar refractivity (Wildman–Crippen MR) is 60.6 cm³/mol. The fourth-order valence-corrected chi connectivity index (χ4v) is 2.49. The number of carboxylic acid groups (broad SMARTS) is 1. The highest BCUT2D eigenvalue weighted by Gasteiger charge is 2.06. The lowest BCUT2D eigenvalue weighted by molar-refractivity contribution is -0.137. The Morgan fingerprint density at radius 1 is 1.71 bits per heavy atom. The maximum atomic E-state index is 10.4. The van der Waals surface area contributed by atoms with Gasteiger partial charge in [-0.1, -0.05) is 0 Å². The number of halogens is 1. The highest BCUT2D eigenvalue weighted by atomic mass is 79.9. The molecule has 1 unspecified atom stereocenters. The SMILES string of the molecule is CC(CC(=O)O)NCc1ccc(Br)s1. The Labute approximate surface area is 95.3 Å². The Kier molecular flexibility index (Phi) is 4.57. The maximum absolute atomic E-state index is 10.4. The van der Waals surface area contributed by atoms with Gasteiger partial charge in [0.1, 0.15) is 0 Å². The molecule has 0 saturated heterocycles. The van der Waals surface area contributed by atoms with Crippen molar-refractivity contribution in [3.63, 3.8) is 0 Å². The number of aliphatic carboxylic acids is 1. The van der Waals surface area contributed by atoms with Crippen molar-refractivity contribution in [3.8, 4) is 0 Å². The Morgan fingerprint density at radius 3 is 2.93 bits per heavy atom. The summed E-state index contributed by atoms with van der Waals surface area (Å²) in [6.45, 7) is 2.60. The van der Waals surface area contributed by atoms with Gasteiger partial charge < -0.3 is 10.4 Å². The van der Waals surface area contributed by atoms with Gasteiger partial charge in [0.15, 0.2) is 0 Å². The summed E-state index contributed by atoms with van der Waals surface area (Å²) in [5.74, 6) is -0.766. The molecule has 14 heavy (non-hydrogen) atoms. The van der Waals surface area contributed by atoms with Crippen molar-refractivity contribution in [2.75, 3.05) is 0 Å². The third-order valence-corrected chi connectivity index (χ3v) is 3.36. The van der Waals surface area contributed by atoms with Crippen molar-refractivity contribution in [1.82, 2.24) is 5.32 Å². The van der Waals surface area contributed by atoms with Crippen LogP contribution in [0.4, 0.5) is 0 Å². The number of nitrogens with one attached hydrogen (secondary N) is 1. The van der Waals surface area contributed by atoms with Crippen LogP contribution in [0.25, 0.3) is 0 Å². The monoisotopic (exact) mass is 277 g/mol. The van der Waals surface area contributed by atoms with Crippen molar-refractivity contribution in [2.24, 2.45) is 0 Å². The zero-order chi connectivity index (χ0) is 10.6. The van der Waals surface area contributed by atoms with Gasteiger partial charge in [-0.3, -0.25) is 4.79 Å². The van der Waals surface area contributed by atoms with Gasteiger partial charge in [0, 0.05) is 17.5 Å². The van der Waals surface area contributed by atoms with Gasteiger partial charge in [0.05, 0.1) is 10.2 Å². The second kappa shape index (κ2) is 5.48. The minimum Gasteiger partial charge on any atom is -0.481 e. The first-order valence-corrected chi connectivity index (χ1v) is 5.88. The molecule has 0 radical (unpaired) electrons. The average Bonchev–Trinajstić information content (AvgIpc) is 2.47. The summed E-state index contributed by atoms with van der Waals surface area (Å²) in [6, 6.07) is 4.02. The third kappa shape index (κ3) is 4.21. The largest absolute Gasteiger partial charge is 0.481 e. The fraction of sp³-hybridized carbons (Fsp3) is 0.444. The van der Waals surface area contributed by atoms with E-state index in [1.807, 2.05) is 19.1 Å². The van der Waals surface area contributed by atoms with Crippen LogP contribution < -0.4 is 5.32 Å². The molecule has 0 aliphatic heterocycles. The summed E-state index contributed by atoms with van der Waals surface area (Å²) in [6.07, 6.45) is 0.159. The van der Waals surface area contributed by atoms with Crippen LogP contribution in [-0.2, 0) is 11.3 Å². The van der Waals surface area contributed by atoms with E-state index in [-0.39, 0.29) is 12.5 Å². The molecule has 1 heterocycles. The van der Waals surface area contributed by atoms with Gasteiger partial charge in [0.2, 0.25) is 0 Å². The molecule has 0 aromatic carbocycles. The number of hydrogen-bond donors (Lipinski definition) is 2. The number of rotatable bonds is 5. The highest BCUT2D eigenvalue weighted by Crippen LogP contribution is 2.21. The Balaban J connectivity index is 2.30. The van der Waals surface area contributed by atoms with Crippen LogP contribution >= 0.6 is 27.3 Å². The lowest BCUT2D eigenvalue weighted by Crippen LogP contribution is -2.27. The van der Waals surface area contributed by atoms with Crippen molar-refractivity contribution in [1.29, 1.82) is 0 Å². The van der Waals surface area contributed by atoms with Gasteiger partial charge in [0.25, 0.3) is 0 Å². The first-order chi connectivity index (χ1) is 6.58. The van der Waals surface area contributed by atoms with Gasteiger partial charge in [-0.2, -0.15) is 0 Å².